The van der Waals surface area contributed by atoms with Gasteiger partial charge in [-0.25, -0.2) is 13.6 Å². The van der Waals surface area contributed by atoms with Crippen LogP contribution >= 0.6 is 0 Å². The first-order valence-corrected chi connectivity index (χ1v) is 5.07. The van der Waals surface area contributed by atoms with Crippen molar-refractivity contribution in [2.45, 2.75) is 37.5 Å². The highest BCUT2D eigenvalue weighted by molar-refractivity contribution is 5.87. The van der Waals surface area contributed by atoms with Crippen molar-refractivity contribution in [1.82, 2.24) is 0 Å². The monoisotopic (exact) mass is 314 g/mol. The Morgan fingerprint density at radius 1 is 1.15 bits per heavy atom. The number of hydrogen-bond acceptors (Lipinski definition) is 2. The standard InChI is InChI=1S/C10H10F8O2/c1-3-5(2)6(19)20-4-8(13,14)10(17,18)9(15,16)7(11)12/h7H,2-4H2,1H3. The van der Waals surface area contributed by atoms with E-state index in [4.69, 9.17) is 0 Å². The Morgan fingerprint density at radius 2 is 1.60 bits per heavy atom. The molecule has 2 nitrogen and oxygen atoms in total. The maximum Gasteiger partial charge on any atom is 0.381 e. The first-order chi connectivity index (χ1) is 8.81. The predicted molar refractivity (Wildman–Crippen MR) is 51.2 cm³/mol. The Kier molecular flexibility index (Phi) is 5.56. The number of rotatable bonds is 7. The fourth-order valence-electron chi connectivity index (χ4n) is 0.874. The van der Waals surface area contributed by atoms with Gasteiger partial charge in [-0.1, -0.05) is 13.5 Å². The van der Waals surface area contributed by atoms with Crippen molar-refractivity contribution in [2.75, 3.05) is 6.61 Å². The summed E-state index contributed by atoms with van der Waals surface area (Å²) in [6, 6.07) is 0. The predicted octanol–water partition coefficient (Wildman–Crippen LogP) is 3.67. The molecule has 0 atom stereocenters. The van der Waals surface area contributed by atoms with Gasteiger partial charge in [-0.3, -0.25) is 0 Å². The molecular formula is C10H10F8O2. The molecule has 0 bridgehead atoms. The summed E-state index contributed by atoms with van der Waals surface area (Å²) < 4.78 is 103. The van der Waals surface area contributed by atoms with Crippen molar-refractivity contribution in [3.05, 3.63) is 12.2 Å². The van der Waals surface area contributed by atoms with Crippen molar-refractivity contribution in [3.63, 3.8) is 0 Å². The molecule has 0 N–H and O–H groups in total. The third-order valence-electron chi connectivity index (χ3n) is 2.25. The van der Waals surface area contributed by atoms with Crippen LogP contribution in [0.15, 0.2) is 12.2 Å². The smallest absolute Gasteiger partial charge is 0.381 e. The zero-order chi connectivity index (χ0) is 16.4. The molecule has 0 saturated heterocycles. The first-order valence-electron chi connectivity index (χ1n) is 5.07. The van der Waals surface area contributed by atoms with E-state index in [1.807, 2.05) is 0 Å². The summed E-state index contributed by atoms with van der Waals surface area (Å²) in [5.74, 6) is -19.8. The second-order valence-electron chi connectivity index (χ2n) is 3.74. The molecule has 10 heteroatoms. The maximum absolute atomic E-state index is 12.9. The minimum absolute atomic E-state index is 0.0615. The highest BCUT2D eigenvalue weighted by Crippen LogP contribution is 2.48. The molecule has 0 aromatic carbocycles. The molecule has 0 heterocycles. The van der Waals surface area contributed by atoms with Crippen molar-refractivity contribution >= 4 is 5.97 Å². The summed E-state index contributed by atoms with van der Waals surface area (Å²) in [5.41, 5.74) is -0.371. The number of carbonyl (C=O) groups is 1. The van der Waals surface area contributed by atoms with Crippen LogP contribution in [0.3, 0.4) is 0 Å². The molecule has 0 fully saturated rings. The van der Waals surface area contributed by atoms with Crippen LogP contribution in [-0.4, -0.2) is 36.8 Å². The molecule has 0 aliphatic rings. The van der Waals surface area contributed by atoms with Crippen molar-refractivity contribution < 1.29 is 44.7 Å². The quantitative estimate of drug-likeness (QED) is 0.407. The van der Waals surface area contributed by atoms with E-state index < -0.39 is 36.8 Å². The fraction of sp³-hybridized carbons (Fsp3) is 0.700. The topological polar surface area (TPSA) is 26.3 Å². The molecule has 20 heavy (non-hydrogen) atoms. The van der Waals surface area contributed by atoms with Gasteiger partial charge in [0.15, 0.2) is 6.61 Å². The van der Waals surface area contributed by atoms with Gasteiger partial charge in [0, 0.05) is 5.57 Å². The zero-order valence-electron chi connectivity index (χ0n) is 10.0. The zero-order valence-corrected chi connectivity index (χ0v) is 10.0. The van der Waals surface area contributed by atoms with Crippen LogP contribution < -0.4 is 0 Å². The summed E-state index contributed by atoms with van der Waals surface area (Å²) in [4.78, 5) is 10.9. The van der Waals surface area contributed by atoms with Crippen LogP contribution in [0.25, 0.3) is 0 Å². The largest absolute Gasteiger partial charge is 0.456 e. The van der Waals surface area contributed by atoms with Gasteiger partial charge in [0.1, 0.15) is 0 Å². The number of alkyl halides is 8. The van der Waals surface area contributed by atoms with Gasteiger partial charge in [-0.2, -0.15) is 26.3 Å². The van der Waals surface area contributed by atoms with E-state index in [1.165, 1.54) is 6.92 Å². The first kappa shape index (κ1) is 18.7. The Bertz CT molecular complexity index is 377. The summed E-state index contributed by atoms with van der Waals surface area (Å²) in [7, 11) is 0. The van der Waals surface area contributed by atoms with Gasteiger partial charge in [0.05, 0.1) is 0 Å². The average Bonchev–Trinajstić information content (AvgIpc) is 2.34. The maximum atomic E-state index is 12.9. The minimum Gasteiger partial charge on any atom is -0.456 e. The van der Waals surface area contributed by atoms with Gasteiger partial charge in [0.25, 0.3) is 0 Å². The van der Waals surface area contributed by atoms with Gasteiger partial charge in [-0.15, -0.1) is 0 Å². The third kappa shape index (κ3) is 3.40. The van der Waals surface area contributed by atoms with Crippen molar-refractivity contribution in [3.8, 4) is 0 Å². The fourth-order valence-corrected chi connectivity index (χ4v) is 0.874. The molecule has 0 unspecified atom stereocenters. The molecule has 0 aliphatic carbocycles. The van der Waals surface area contributed by atoms with E-state index in [0.717, 1.165) is 0 Å². The van der Waals surface area contributed by atoms with Crippen LogP contribution in [-0.2, 0) is 9.53 Å². The molecule has 0 amide bonds. The van der Waals surface area contributed by atoms with Gasteiger partial charge in [-0.05, 0) is 6.42 Å². The lowest BCUT2D eigenvalue weighted by Crippen LogP contribution is -2.59. The van der Waals surface area contributed by atoms with Gasteiger partial charge >= 0.3 is 30.2 Å². The van der Waals surface area contributed by atoms with E-state index in [1.54, 1.807) is 0 Å². The van der Waals surface area contributed by atoms with Crippen molar-refractivity contribution in [1.29, 1.82) is 0 Å². The van der Waals surface area contributed by atoms with Crippen LogP contribution in [0, 0.1) is 0 Å². The van der Waals surface area contributed by atoms with E-state index in [2.05, 4.69) is 11.3 Å². The van der Waals surface area contributed by atoms with Crippen LogP contribution in [0.5, 0.6) is 0 Å². The number of hydrogen-bond donors (Lipinski definition) is 0. The Balaban J connectivity index is 5.04. The summed E-state index contributed by atoms with van der Waals surface area (Å²) >= 11 is 0. The molecule has 0 aromatic rings. The van der Waals surface area contributed by atoms with E-state index in [-0.39, 0.29) is 12.0 Å². The van der Waals surface area contributed by atoms with Crippen LogP contribution in [0.1, 0.15) is 13.3 Å². The normalized spacial score (nSPS) is 13.5. The average molecular weight is 314 g/mol. The molecule has 0 radical (unpaired) electrons. The Morgan fingerprint density at radius 3 is 1.95 bits per heavy atom. The van der Waals surface area contributed by atoms with E-state index in [0.29, 0.717) is 0 Å². The minimum atomic E-state index is -6.39. The number of esters is 1. The Hall–Kier alpha value is -1.35. The number of carbonyl (C=O) groups excluding carboxylic acids is 1. The SMILES string of the molecule is C=C(CC)C(=O)OCC(F)(F)C(F)(F)C(F)(F)C(F)F. The molecule has 0 spiro atoms. The molecule has 0 saturated carbocycles. The molecule has 0 rings (SSSR count). The van der Waals surface area contributed by atoms with Gasteiger partial charge in [0.2, 0.25) is 0 Å². The van der Waals surface area contributed by atoms with Crippen LogP contribution in [0.4, 0.5) is 35.1 Å². The molecule has 118 valence electrons. The Labute approximate surface area is 108 Å². The van der Waals surface area contributed by atoms with E-state index in [9.17, 15) is 39.9 Å². The number of ether oxygens (including phenoxy) is 1. The molecular weight excluding hydrogens is 304 g/mol. The molecule has 0 aliphatic heterocycles. The number of halogens is 8. The molecule has 0 aromatic heterocycles. The highest BCUT2D eigenvalue weighted by Gasteiger charge is 2.75. The summed E-state index contributed by atoms with van der Waals surface area (Å²) in [6.45, 7) is 1.93. The lowest BCUT2D eigenvalue weighted by Gasteiger charge is -2.31. The highest BCUT2D eigenvalue weighted by atomic mass is 19.4. The van der Waals surface area contributed by atoms with Gasteiger partial charge < -0.3 is 4.74 Å². The van der Waals surface area contributed by atoms with Crippen molar-refractivity contribution in [2.24, 2.45) is 0 Å². The third-order valence-corrected chi connectivity index (χ3v) is 2.25. The van der Waals surface area contributed by atoms with E-state index >= 15 is 0 Å². The second-order valence-corrected chi connectivity index (χ2v) is 3.74. The second kappa shape index (κ2) is 5.96. The summed E-state index contributed by atoms with van der Waals surface area (Å²) in [5, 5.41) is 0. The lowest BCUT2D eigenvalue weighted by molar-refractivity contribution is -0.344. The van der Waals surface area contributed by atoms with Crippen LogP contribution in [0.2, 0.25) is 0 Å². The lowest BCUT2D eigenvalue weighted by atomic mass is 10.1. The summed E-state index contributed by atoms with van der Waals surface area (Å²) in [6.07, 6.45) is -5.07.